The van der Waals surface area contributed by atoms with Crippen LogP contribution in [-0.2, 0) is 9.47 Å². The molecule has 0 bridgehead atoms. The highest BCUT2D eigenvalue weighted by atomic mass is 19.2. The molecule has 1 fully saturated rings. The fourth-order valence-electron chi connectivity index (χ4n) is 4.23. The van der Waals surface area contributed by atoms with Crippen molar-refractivity contribution in [1.82, 2.24) is 0 Å². The van der Waals surface area contributed by atoms with Gasteiger partial charge in [0.25, 0.3) is 0 Å². The average Bonchev–Trinajstić information content (AvgIpc) is 2.86. The Balaban J connectivity index is 1.57. The van der Waals surface area contributed by atoms with Gasteiger partial charge in [0.2, 0.25) is 0 Å². The molecule has 0 aromatic heterocycles. The monoisotopic (exact) mass is 506 g/mol. The molecular formula is C28H24F6O2. The van der Waals surface area contributed by atoms with E-state index in [1.807, 2.05) is 0 Å². The maximum absolute atomic E-state index is 15.1. The van der Waals surface area contributed by atoms with Gasteiger partial charge >= 0.3 is 0 Å². The van der Waals surface area contributed by atoms with Crippen molar-refractivity contribution in [2.24, 2.45) is 5.92 Å². The van der Waals surface area contributed by atoms with E-state index in [2.05, 4.69) is 6.92 Å². The number of aryl methyl sites for hydroxylation is 1. The van der Waals surface area contributed by atoms with Crippen molar-refractivity contribution < 1.29 is 35.8 Å². The number of benzene rings is 3. The molecule has 4 rings (SSSR count). The summed E-state index contributed by atoms with van der Waals surface area (Å²) in [5.74, 6) is -7.90. The molecule has 0 amide bonds. The molecule has 3 aromatic carbocycles. The lowest BCUT2D eigenvalue weighted by Crippen LogP contribution is -2.27. The lowest BCUT2D eigenvalue weighted by Gasteiger charge is -2.29. The molecule has 0 radical (unpaired) electrons. The Labute approximate surface area is 205 Å². The van der Waals surface area contributed by atoms with E-state index in [0.717, 1.165) is 25.0 Å². The molecule has 0 aliphatic carbocycles. The van der Waals surface area contributed by atoms with Gasteiger partial charge in [0.15, 0.2) is 35.4 Å². The summed E-state index contributed by atoms with van der Waals surface area (Å²) < 4.78 is 96.5. The molecule has 0 atom stereocenters. The first-order chi connectivity index (χ1) is 17.2. The fraction of sp³-hybridized carbons (Fsp3) is 0.286. The van der Waals surface area contributed by atoms with E-state index in [9.17, 15) is 22.0 Å². The topological polar surface area (TPSA) is 18.5 Å². The molecule has 1 heterocycles. The summed E-state index contributed by atoms with van der Waals surface area (Å²) in [4.78, 5) is 0. The number of hydrogen-bond acceptors (Lipinski definition) is 2. The van der Waals surface area contributed by atoms with E-state index in [0.29, 0.717) is 48.5 Å². The first-order valence-corrected chi connectivity index (χ1v) is 11.5. The Kier molecular flexibility index (Phi) is 7.85. The van der Waals surface area contributed by atoms with Gasteiger partial charge in [-0.25, -0.2) is 26.3 Å². The largest absolute Gasteiger partial charge is 0.348 e. The molecule has 0 N–H and O–H groups in total. The van der Waals surface area contributed by atoms with E-state index < -0.39 is 46.8 Å². The minimum absolute atomic E-state index is 0.0249. The van der Waals surface area contributed by atoms with Crippen molar-refractivity contribution in [1.29, 1.82) is 0 Å². The van der Waals surface area contributed by atoms with Crippen LogP contribution in [-0.4, -0.2) is 13.2 Å². The van der Waals surface area contributed by atoms with Crippen LogP contribution < -0.4 is 0 Å². The van der Waals surface area contributed by atoms with Gasteiger partial charge in [-0.15, -0.1) is 0 Å². The fourth-order valence-corrected chi connectivity index (χ4v) is 4.23. The number of hydrogen-bond donors (Lipinski definition) is 0. The smallest absolute Gasteiger partial charge is 0.194 e. The Hall–Kier alpha value is -3.10. The summed E-state index contributed by atoms with van der Waals surface area (Å²) in [6.45, 7) is 4.81. The van der Waals surface area contributed by atoms with Crippen molar-refractivity contribution in [3.05, 3.63) is 94.1 Å². The van der Waals surface area contributed by atoms with Crippen molar-refractivity contribution in [2.45, 2.75) is 33.0 Å². The van der Waals surface area contributed by atoms with Crippen LogP contribution in [0.1, 0.15) is 48.3 Å². The minimum Gasteiger partial charge on any atom is -0.348 e. The van der Waals surface area contributed by atoms with E-state index in [1.54, 1.807) is 19.1 Å². The summed E-state index contributed by atoms with van der Waals surface area (Å²) in [5.41, 5.74) is 0.106. The van der Waals surface area contributed by atoms with E-state index in [-0.39, 0.29) is 16.7 Å². The van der Waals surface area contributed by atoms with Crippen LogP contribution in [0.4, 0.5) is 26.3 Å². The summed E-state index contributed by atoms with van der Waals surface area (Å²) in [5, 5.41) is 0. The van der Waals surface area contributed by atoms with Crippen molar-refractivity contribution in [2.75, 3.05) is 13.2 Å². The Morgan fingerprint density at radius 1 is 0.833 bits per heavy atom. The predicted molar refractivity (Wildman–Crippen MR) is 125 cm³/mol. The minimum atomic E-state index is -1.68. The number of halogens is 6. The normalized spacial score (nSPS) is 18.8. The van der Waals surface area contributed by atoms with E-state index >= 15 is 4.39 Å². The van der Waals surface area contributed by atoms with Crippen molar-refractivity contribution >= 4 is 11.7 Å². The maximum Gasteiger partial charge on any atom is 0.194 e. The van der Waals surface area contributed by atoms with Gasteiger partial charge in [-0.2, -0.15) is 0 Å². The molecule has 1 saturated heterocycles. The highest BCUT2D eigenvalue weighted by Gasteiger charge is 2.24. The van der Waals surface area contributed by atoms with Crippen LogP contribution in [0, 0.1) is 36.1 Å². The van der Waals surface area contributed by atoms with Crippen LogP contribution >= 0.6 is 0 Å². The average molecular weight is 506 g/mol. The van der Waals surface area contributed by atoms with E-state index in [4.69, 9.17) is 9.47 Å². The summed E-state index contributed by atoms with van der Waals surface area (Å²) in [6.07, 6.45) is 1.44. The van der Waals surface area contributed by atoms with Crippen LogP contribution in [0.25, 0.3) is 22.8 Å². The first kappa shape index (κ1) is 26.0. The second-order valence-electron chi connectivity index (χ2n) is 8.80. The lowest BCUT2D eigenvalue weighted by atomic mass is 9.99. The van der Waals surface area contributed by atoms with Crippen molar-refractivity contribution in [3.63, 3.8) is 0 Å². The SMILES string of the molecule is CCCC1COC(c2ccc(/C(F)=C(\F)c3ccc(-c4cc(F)c(F)c(F)c4)c(F)c3)c(C)c2)OC1. The molecule has 1 aliphatic rings. The van der Waals surface area contributed by atoms with Crippen LogP contribution in [0.15, 0.2) is 48.5 Å². The van der Waals surface area contributed by atoms with E-state index in [1.165, 1.54) is 6.07 Å². The molecule has 36 heavy (non-hydrogen) atoms. The Bertz CT molecular complexity index is 1270. The summed E-state index contributed by atoms with van der Waals surface area (Å²) in [6, 6.07) is 8.71. The van der Waals surface area contributed by atoms with Crippen LogP contribution in [0.2, 0.25) is 0 Å². The van der Waals surface area contributed by atoms with Gasteiger partial charge in [-0.3, -0.25) is 0 Å². The number of ether oxygens (including phenoxy) is 2. The van der Waals surface area contributed by atoms with Gasteiger partial charge in [0.1, 0.15) is 5.82 Å². The molecule has 2 nitrogen and oxygen atoms in total. The third kappa shape index (κ3) is 5.34. The highest BCUT2D eigenvalue weighted by Crippen LogP contribution is 2.35. The maximum atomic E-state index is 15.1. The second-order valence-corrected chi connectivity index (χ2v) is 8.80. The predicted octanol–water partition coefficient (Wildman–Crippen LogP) is 8.44. The Morgan fingerprint density at radius 3 is 2.08 bits per heavy atom. The third-order valence-corrected chi connectivity index (χ3v) is 6.13. The summed E-state index contributed by atoms with van der Waals surface area (Å²) in [7, 11) is 0. The van der Waals surface area contributed by atoms with Gasteiger partial charge in [-0.1, -0.05) is 43.7 Å². The molecule has 8 heteroatoms. The molecule has 0 spiro atoms. The molecule has 190 valence electrons. The standard InChI is InChI=1S/C28H24F6O2/c1-3-4-16-13-35-28(36-14-16)18-6-7-20(15(2)9-18)26(33)25(32)17-5-8-21(22(29)10-17)19-11-23(30)27(34)24(31)12-19/h5-12,16,28H,3-4,13-14H2,1-2H3/b26-25+. The number of rotatable bonds is 6. The zero-order valence-electron chi connectivity index (χ0n) is 19.7. The summed E-state index contributed by atoms with van der Waals surface area (Å²) >= 11 is 0. The van der Waals surface area contributed by atoms with Gasteiger partial charge in [0, 0.05) is 28.2 Å². The first-order valence-electron chi connectivity index (χ1n) is 11.5. The quantitative estimate of drug-likeness (QED) is 0.190. The molecule has 0 saturated carbocycles. The molecular weight excluding hydrogens is 482 g/mol. The zero-order valence-corrected chi connectivity index (χ0v) is 19.7. The van der Waals surface area contributed by atoms with Crippen LogP contribution in [0.3, 0.4) is 0 Å². The molecule has 1 aliphatic heterocycles. The Morgan fingerprint density at radius 2 is 1.50 bits per heavy atom. The van der Waals surface area contributed by atoms with Crippen LogP contribution in [0.5, 0.6) is 0 Å². The third-order valence-electron chi connectivity index (χ3n) is 6.13. The van der Waals surface area contributed by atoms with Gasteiger partial charge in [0.05, 0.1) is 13.2 Å². The van der Waals surface area contributed by atoms with Gasteiger partial charge in [-0.05, 0) is 42.7 Å². The lowest BCUT2D eigenvalue weighted by molar-refractivity contribution is -0.206. The molecule has 3 aromatic rings. The second kappa shape index (κ2) is 10.9. The van der Waals surface area contributed by atoms with Crippen molar-refractivity contribution in [3.8, 4) is 11.1 Å². The van der Waals surface area contributed by atoms with Gasteiger partial charge < -0.3 is 9.47 Å². The molecule has 0 unspecified atom stereocenters. The zero-order chi connectivity index (χ0) is 26.0. The highest BCUT2D eigenvalue weighted by molar-refractivity contribution is 5.85.